The second-order valence-corrected chi connectivity index (χ2v) is 7.83. The highest BCUT2D eigenvalue weighted by Gasteiger charge is 2.22. The molecule has 1 atom stereocenters. The minimum absolute atomic E-state index is 0.431. The maximum Gasteiger partial charge on any atom is 0.143 e. The second kappa shape index (κ2) is 7.72. The maximum absolute atomic E-state index is 9.56. The highest BCUT2D eigenvalue weighted by Crippen LogP contribution is 2.37. The molecular formula is C23H30O2. The lowest BCUT2D eigenvalue weighted by Crippen LogP contribution is -2.11. The summed E-state index contributed by atoms with van der Waals surface area (Å²) in [6.07, 6.45) is 4.81. The van der Waals surface area contributed by atoms with Gasteiger partial charge in [-0.1, -0.05) is 56.2 Å². The van der Waals surface area contributed by atoms with E-state index in [2.05, 4.69) is 64.1 Å². The molecule has 1 aliphatic carbocycles. The Labute approximate surface area is 151 Å². The van der Waals surface area contributed by atoms with Crippen LogP contribution in [0.3, 0.4) is 0 Å². The summed E-state index contributed by atoms with van der Waals surface area (Å²) in [6.45, 7) is 8.69. The summed E-state index contributed by atoms with van der Waals surface area (Å²) in [5.41, 5.74) is 7.16. The van der Waals surface area contributed by atoms with E-state index in [0.29, 0.717) is 5.92 Å². The van der Waals surface area contributed by atoms with Gasteiger partial charge < -0.3 is 0 Å². The molecule has 0 radical (unpaired) electrons. The van der Waals surface area contributed by atoms with Crippen molar-refractivity contribution in [2.75, 3.05) is 0 Å². The Balaban J connectivity index is 1.84. The molecule has 0 amide bonds. The largest absolute Gasteiger partial charge is 0.251 e. The van der Waals surface area contributed by atoms with Crippen LogP contribution in [0.15, 0.2) is 36.4 Å². The highest BCUT2D eigenvalue weighted by atomic mass is 17.1. The fourth-order valence-corrected chi connectivity index (χ4v) is 4.09. The van der Waals surface area contributed by atoms with Crippen LogP contribution in [0, 0.1) is 26.7 Å². The van der Waals surface area contributed by atoms with Gasteiger partial charge in [-0.2, -0.15) is 0 Å². The van der Waals surface area contributed by atoms with Crippen molar-refractivity contribution in [2.45, 2.75) is 65.4 Å². The lowest BCUT2D eigenvalue weighted by Gasteiger charge is -2.27. The summed E-state index contributed by atoms with van der Waals surface area (Å²) in [5.74, 6) is 1.55. The van der Waals surface area contributed by atoms with Crippen molar-refractivity contribution < 1.29 is 10.1 Å². The van der Waals surface area contributed by atoms with Crippen molar-refractivity contribution in [2.24, 2.45) is 5.92 Å². The van der Waals surface area contributed by atoms with E-state index >= 15 is 0 Å². The fraction of sp³-hybridized carbons (Fsp3) is 0.478. The smallest absolute Gasteiger partial charge is 0.143 e. The predicted octanol–water partition coefficient (Wildman–Crippen LogP) is 6.48. The van der Waals surface area contributed by atoms with Crippen LogP contribution in [-0.2, 0) is 4.89 Å². The molecule has 2 aromatic carbocycles. The molecule has 2 heteroatoms. The van der Waals surface area contributed by atoms with Gasteiger partial charge in [0.25, 0.3) is 0 Å². The average molecular weight is 338 g/mol. The van der Waals surface area contributed by atoms with E-state index in [1.54, 1.807) is 0 Å². The standard InChI is InChI=1S/C23H30O2/c1-15-5-8-19(9-6-15)20-10-12-21(13-11-20)23(25-24)22-14-7-16(2)17(3)18(22)4/h7,10-15,19,23-24H,5-6,8-9H2,1-4H3. The Morgan fingerprint density at radius 3 is 2.12 bits per heavy atom. The van der Waals surface area contributed by atoms with Crippen LogP contribution in [-0.4, -0.2) is 5.26 Å². The van der Waals surface area contributed by atoms with Gasteiger partial charge in [-0.15, -0.1) is 0 Å². The van der Waals surface area contributed by atoms with Crippen LogP contribution in [0.5, 0.6) is 0 Å². The lowest BCUT2D eigenvalue weighted by molar-refractivity contribution is -0.270. The van der Waals surface area contributed by atoms with Crippen molar-refractivity contribution in [1.82, 2.24) is 0 Å². The predicted molar refractivity (Wildman–Crippen MR) is 103 cm³/mol. The first-order chi connectivity index (χ1) is 12.0. The van der Waals surface area contributed by atoms with E-state index < -0.39 is 6.10 Å². The molecule has 0 heterocycles. The van der Waals surface area contributed by atoms with Gasteiger partial charge in [0.1, 0.15) is 6.10 Å². The van der Waals surface area contributed by atoms with Crippen LogP contribution < -0.4 is 0 Å². The van der Waals surface area contributed by atoms with Crippen molar-refractivity contribution in [3.63, 3.8) is 0 Å². The summed E-state index contributed by atoms with van der Waals surface area (Å²) in [7, 11) is 0. The molecule has 0 saturated heterocycles. The van der Waals surface area contributed by atoms with Crippen LogP contribution in [0.25, 0.3) is 0 Å². The number of aryl methyl sites for hydroxylation is 1. The molecule has 134 valence electrons. The molecule has 0 aliphatic heterocycles. The molecule has 1 N–H and O–H groups in total. The number of hydrogen-bond donors (Lipinski definition) is 1. The third-order valence-corrected chi connectivity index (χ3v) is 6.21. The van der Waals surface area contributed by atoms with E-state index in [1.807, 2.05) is 0 Å². The van der Waals surface area contributed by atoms with Crippen molar-refractivity contribution in [3.8, 4) is 0 Å². The van der Waals surface area contributed by atoms with E-state index in [4.69, 9.17) is 4.89 Å². The topological polar surface area (TPSA) is 29.5 Å². The Morgan fingerprint density at radius 2 is 1.52 bits per heavy atom. The van der Waals surface area contributed by atoms with Gasteiger partial charge in [0.15, 0.2) is 0 Å². The zero-order valence-electron chi connectivity index (χ0n) is 15.9. The van der Waals surface area contributed by atoms with E-state index in [0.717, 1.165) is 17.0 Å². The Morgan fingerprint density at radius 1 is 0.880 bits per heavy atom. The molecular weight excluding hydrogens is 308 g/mol. The second-order valence-electron chi connectivity index (χ2n) is 7.83. The van der Waals surface area contributed by atoms with Crippen molar-refractivity contribution >= 4 is 0 Å². The Hall–Kier alpha value is -1.64. The summed E-state index contributed by atoms with van der Waals surface area (Å²) < 4.78 is 0. The number of rotatable bonds is 4. The molecule has 25 heavy (non-hydrogen) atoms. The average Bonchev–Trinajstić information content (AvgIpc) is 2.63. The number of hydrogen-bond acceptors (Lipinski definition) is 2. The molecule has 0 spiro atoms. The minimum Gasteiger partial charge on any atom is -0.251 e. The zero-order valence-corrected chi connectivity index (χ0v) is 15.9. The SMILES string of the molecule is Cc1ccc(C(OO)c2ccc(C3CCC(C)CC3)cc2)c(C)c1C. The molecule has 0 bridgehead atoms. The third kappa shape index (κ3) is 3.80. The van der Waals surface area contributed by atoms with Gasteiger partial charge in [0.2, 0.25) is 0 Å². The van der Waals surface area contributed by atoms with Gasteiger partial charge in [-0.25, -0.2) is 4.89 Å². The zero-order chi connectivity index (χ0) is 18.0. The fourth-order valence-electron chi connectivity index (χ4n) is 4.09. The normalized spacial score (nSPS) is 22.0. The molecule has 3 rings (SSSR count). The Kier molecular flexibility index (Phi) is 5.61. The van der Waals surface area contributed by atoms with Gasteiger partial charge >= 0.3 is 0 Å². The summed E-state index contributed by atoms with van der Waals surface area (Å²) in [6, 6.07) is 12.8. The van der Waals surface area contributed by atoms with E-state index in [-0.39, 0.29) is 0 Å². The van der Waals surface area contributed by atoms with Gasteiger partial charge in [0.05, 0.1) is 0 Å². The van der Waals surface area contributed by atoms with Crippen LogP contribution in [0.4, 0.5) is 0 Å². The molecule has 1 saturated carbocycles. The van der Waals surface area contributed by atoms with Gasteiger partial charge in [0, 0.05) is 0 Å². The first kappa shape index (κ1) is 18.2. The third-order valence-electron chi connectivity index (χ3n) is 6.21. The molecule has 2 nitrogen and oxygen atoms in total. The van der Waals surface area contributed by atoms with Gasteiger partial charge in [-0.05, 0) is 78.8 Å². The summed E-state index contributed by atoms with van der Waals surface area (Å²) in [5, 5.41) is 9.56. The first-order valence-corrected chi connectivity index (χ1v) is 9.48. The minimum atomic E-state index is -0.431. The highest BCUT2D eigenvalue weighted by molar-refractivity contribution is 5.43. The molecule has 1 fully saturated rings. The summed E-state index contributed by atoms with van der Waals surface area (Å²) >= 11 is 0. The maximum atomic E-state index is 9.56. The summed E-state index contributed by atoms with van der Waals surface area (Å²) in [4.78, 5) is 4.90. The van der Waals surface area contributed by atoms with E-state index in [1.165, 1.54) is 47.9 Å². The van der Waals surface area contributed by atoms with Crippen LogP contribution >= 0.6 is 0 Å². The molecule has 1 unspecified atom stereocenters. The molecule has 2 aromatic rings. The quantitative estimate of drug-likeness (QED) is 0.510. The van der Waals surface area contributed by atoms with E-state index in [9.17, 15) is 5.26 Å². The molecule has 1 aliphatic rings. The van der Waals surface area contributed by atoms with Crippen LogP contribution in [0.1, 0.15) is 78.0 Å². The monoisotopic (exact) mass is 338 g/mol. The van der Waals surface area contributed by atoms with Crippen molar-refractivity contribution in [1.29, 1.82) is 0 Å². The van der Waals surface area contributed by atoms with Gasteiger partial charge in [-0.3, -0.25) is 5.26 Å². The molecule has 0 aromatic heterocycles. The Bertz CT molecular complexity index is 710. The van der Waals surface area contributed by atoms with Crippen molar-refractivity contribution in [3.05, 3.63) is 69.8 Å². The number of benzene rings is 2. The van der Waals surface area contributed by atoms with Crippen LogP contribution in [0.2, 0.25) is 0 Å². The lowest BCUT2D eigenvalue weighted by atomic mass is 9.79. The first-order valence-electron chi connectivity index (χ1n) is 9.48.